The van der Waals surface area contributed by atoms with E-state index >= 15 is 0 Å². The van der Waals surface area contributed by atoms with Gasteiger partial charge in [-0.05, 0) is 49.9 Å². The van der Waals surface area contributed by atoms with Crippen LogP contribution in [0.15, 0.2) is 24.3 Å². The molecule has 0 aromatic heterocycles. The van der Waals surface area contributed by atoms with Crippen molar-refractivity contribution in [1.29, 1.82) is 0 Å². The van der Waals surface area contributed by atoms with Gasteiger partial charge in [-0.25, -0.2) is 4.79 Å². The third-order valence-corrected chi connectivity index (χ3v) is 3.34. The smallest absolute Gasteiger partial charge is 0.319 e. The van der Waals surface area contributed by atoms with Crippen LogP contribution < -0.4 is 10.6 Å². The molecule has 0 spiro atoms. The summed E-state index contributed by atoms with van der Waals surface area (Å²) in [7, 11) is 0. The van der Waals surface area contributed by atoms with Gasteiger partial charge < -0.3 is 15.7 Å². The molecule has 2 amide bonds. The maximum atomic E-state index is 11.7. The summed E-state index contributed by atoms with van der Waals surface area (Å²) < 4.78 is 0. The third kappa shape index (κ3) is 3.89. The number of hydrogen-bond acceptors (Lipinski definition) is 2. The molecule has 2 rings (SSSR count). The molecule has 18 heavy (non-hydrogen) atoms. The van der Waals surface area contributed by atoms with Crippen molar-refractivity contribution in [2.24, 2.45) is 0 Å². The summed E-state index contributed by atoms with van der Waals surface area (Å²) in [5, 5.41) is 15.8. The Morgan fingerprint density at radius 2 is 2.00 bits per heavy atom. The lowest BCUT2D eigenvalue weighted by Crippen LogP contribution is -2.41. The first kappa shape index (κ1) is 13.2. The van der Waals surface area contributed by atoms with E-state index < -0.39 is 0 Å². The van der Waals surface area contributed by atoms with Gasteiger partial charge in [0, 0.05) is 16.8 Å². The SMILES string of the molecule is O=C(Nc1ccc(Cl)cc1)N[C@H]1CCC[C@@H](O)C1. The molecule has 0 bridgehead atoms. The summed E-state index contributed by atoms with van der Waals surface area (Å²) >= 11 is 5.76. The molecule has 1 aliphatic rings. The number of aliphatic hydroxyl groups excluding tert-OH is 1. The van der Waals surface area contributed by atoms with Gasteiger partial charge in [0.15, 0.2) is 0 Å². The molecule has 2 atom stereocenters. The van der Waals surface area contributed by atoms with E-state index in [0.717, 1.165) is 19.3 Å². The van der Waals surface area contributed by atoms with Crippen molar-refractivity contribution in [1.82, 2.24) is 5.32 Å². The second-order valence-electron chi connectivity index (χ2n) is 4.62. The average Bonchev–Trinajstić information content (AvgIpc) is 2.32. The van der Waals surface area contributed by atoms with Gasteiger partial charge in [-0.3, -0.25) is 0 Å². The minimum absolute atomic E-state index is 0.0565. The molecule has 1 fully saturated rings. The highest BCUT2D eigenvalue weighted by Crippen LogP contribution is 2.18. The van der Waals surface area contributed by atoms with E-state index in [9.17, 15) is 9.90 Å². The minimum Gasteiger partial charge on any atom is -0.393 e. The van der Waals surface area contributed by atoms with Crippen molar-refractivity contribution >= 4 is 23.3 Å². The summed E-state index contributed by atoms with van der Waals surface area (Å²) in [5.74, 6) is 0. The molecule has 0 heterocycles. The number of nitrogens with one attached hydrogen (secondary N) is 2. The van der Waals surface area contributed by atoms with Gasteiger partial charge in [0.05, 0.1) is 6.10 Å². The Hall–Kier alpha value is -1.26. The van der Waals surface area contributed by atoms with Crippen LogP contribution in [0.25, 0.3) is 0 Å². The van der Waals surface area contributed by atoms with Crippen LogP contribution in [0, 0.1) is 0 Å². The highest BCUT2D eigenvalue weighted by molar-refractivity contribution is 6.30. The molecule has 1 saturated carbocycles. The van der Waals surface area contributed by atoms with Gasteiger partial charge in [0.2, 0.25) is 0 Å². The van der Waals surface area contributed by atoms with Gasteiger partial charge in [0.25, 0.3) is 0 Å². The second-order valence-corrected chi connectivity index (χ2v) is 5.06. The highest BCUT2D eigenvalue weighted by Gasteiger charge is 2.21. The van der Waals surface area contributed by atoms with E-state index in [2.05, 4.69) is 10.6 Å². The standard InChI is InChI=1S/C13H17ClN2O2/c14-9-4-6-10(7-5-9)15-13(18)16-11-2-1-3-12(17)8-11/h4-7,11-12,17H,1-3,8H2,(H2,15,16,18)/t11-,12+/m0/s1. The van der Waals surface area contributed by atoms with E-state index in [4.69, 9.17) is 11.6 Å². The van der Waals surface area contributed by atoms with Gasteiger partial charge in [-0.1, -0.05) is 11.6 Å². The first-order valence-electron chi connectivity index (χ1n) is 6.14. The fourth-order valence-corrected chi connectivity index (χ4v) is 2.31. The topological polar surface area (TPSA) is 61.4 Å². The Balaban J connectivity index is 1.83. The van der Waals surface area contributed by atoms with Crippen molar-refractivity contribution in [3.05, 3.63) is 29.3 Å². The number of aliphatic hydroxyl groups is 1. The fraction of sp³-hybridized carbons (Fsp3) is 0.462. The molecule has 0 radical (unpaired) electrons. The van der Waals surface area contributed by atoms with Gasteiger partial charge in [-0.2, -0.15) is 0 Å². The number of carbonyl (C=O) groups excluding carboxylic acids is 1. The van der Waals surface area contributed by atoms with Crippen LogP contribution in [0.4, 0.5) is 10.5 Å². The predicted octanol–water partition coefficient (Wildman–Crippen LogP) is 2.77. The first-order chi connectivity index (χ1) is 8.63. The zero-order valence-corrected chi connectivity index (χ0v) is 10.8. The monoisotopic (exact) mass is 268 g/mol. The molecule has 1 aliphatic carbocycles. The van der Waals surface area contributed by atoms with E-state index in [-0.39, 0.29) is 18.2 Å². The largest absolute Gasteiger partial charge is 0.393 e. The number of halogens is 1. The summed E-state index contributed by atoms with van der Waals surface area (Å²) in [6, 6.07) is 6.76. The lowest BCUT2D eigenvalue weighted by molar-refractivity contribution is 0.114. The maximum Gasteiger partial charge on any atom is 0.319 e. The summed E-state index contributed by atoms with van der Waals surface area (Å²) in [5.41, 5.74) is 0.702. The molecule has 0 unspecified atom stereocenters. The summed E-state index contributed by atoms with van der Waals surface area (Å²) in [6.07, 6.45) is 3.04. The lowest BCUT2D eigenvalue weighted by atomic mass is 9.93. The molecule has 3 N–H and O–H groups in total. The van der Waals surface area contributed by atoms with Crippen LogP contribution in [0.5, 0.6) is 0 Å². The number of hydrogen-bond donors (Lipinski definition) is 3. The second kappa shape index (κ2) is 6.07. The predicted molar refractivity (Wildman–Crippen MR) is 71.9 cm³/mol. The van der Waals surface area contributed by atoms with Crippen molar-refractivity contribution in [3.63, 3.8) is 0 Å². The van der Waals surface area contributed by atoms with Crippen molar-refractivity contribution in [2.75, 3.05) is 5.32 Å². The number of urea groups is 1. The Bertz CT molecular complexity index is 408. The Morgan fingerprint density at radius 3 is 2.67 bits per heavy atom. The molecule has 0 aliphatic heterocycles. The van der Waals surface area contributed by atoms with Crippen LogP contribution >= 0.6 is 11.6 Å². The first-order valence-corrected chi connectivity index (χ1v) is 6.52. The molecule has 1 aromatic rings. The van der Waals surface area contributed by atoms with Crippen molar-refractivity contribution in [2.45, 2.75) is 37.8 Å². The van der Waals surface area contributed by atoms with Crippen LogP contribution in [0.3, 0.4) is 0 Å². The summed E-state index contributed by atoms with van der Waals surface area (Å²) in [6.45, 7) is 0. The molecule has 98 valence electrons. The molecule has 1 aromatic carbocycles. The fourth-order valence-electron chi connectivity index (χ4n) is 2.18. The van der Waals surface area contributed by atoms with Crippen LogP contribution in [-0.2, 0) is 0 Å². The Kier molecular flexibility index (Phi) is 4.44. The normalized spacial score (nSPS) is 23.4. The summed E-state index contributed by atoms with van der Waals surface area (Å²) in [4.78, 5) is 11.7. The maximum absolute atomic E-state index is 11.7. The van der Waals surface area contributed by atoms with Crippen LogP contribution in [0.1, 0.15) is 25.7 Å². The zero-order chi connectivity index (χ0) is 13.0. The number of amides is 2. The van der Waals surface area contributed by atoms with Gasteiger partial charge in [0.1, 0.15) is 0 Å². The third-order valence-electron chi connectivity index (χ3n) is 3.08. The van der Waals surface area contributed by atoms with E-state index in [1.54, 1.807) is 24.3 Å². The highest BCUT2D eigenvalue weighted by atomic mass is 35.5. The number of benzene rings is 1. The van der Waals surface area contributed by atoms with Crippen molar-refractivity contribution in [3.8, 4) is 0 Å². The van der Waals surface area contributed by atoms with E-state index in [1.165, 1.54) is 0 Å². The quantitative estimate of drug-likeness (QED) is 0.772. The van der Waals surface area contributed by atoms with Crippen LogP contribution in [-0.4, -0.2) is 23.3 Å². The molecule has 0 saturated heterocycles. The van der Waals surface area contributed by atoms with E-state index in [1.807, 2.05) is 0 Å². The lowest BCUT2D eigenvalue weighted by Gasteiger charge is -2.26. The molecular formula is C13H17ClN2O2. The minimum atomic E-state index is -0.292. The Labute approximate surface area is 111 Å². The Morgan fingerprint density at radius 1 is 1.28 bits per heavy atom. The number of carbonyl (C=O) groups is 1. The van der Waals surface area contributed by atoms with Gasteiger partial charge >= 0.3 is 6.03 Å². The molecule has 4 nitrogen and oxygen atoms in total. The van der Waals surface area contributed by atoms with Gasteiger partial charge in [-0.15, -0.1) is 0 Å². The van der Waals surface area contributed by atoms with Crippen LogP contribution in [0.2, 0.25) is 5.02 Å². The number of anilines is 1. The molecule has 5 heteroatoms. The van der Waals surface area contributed by atoms with Crippen molar-refractivity contribution < 1.29 is 9.90 Å². The molecular weight excluding hydrogens is 252 g/mol. The van der Waals surface area contributed by atoms with E-state index in [0.29, 0.717) is 17.1 Å². The number of rotatable bonds is 2. The zero-order valence-electron chi connectivity index (χ0n) is 10.0. The average molecular weight is 269 g/mol.